The Kier molecular flexibility index (Phi) is 5.71. The highest BCUT2D eigenvalue weighted by molar-refractivity contribution is 7.89. The average molecular weight is 335 g/mol. The molecular weight excluding hydrogens is 314 g/mol. The molecule has 120 valence electrons. The van der Waals surface area contributed by atoms with Crippen molar-refractivity contribution < 1.29 is 17.4 Å². The largest absolute Gasteiger partial charge is 0.350 e. The van der Waals surface area contributed by atoms with E-state index in [0.717, 1.165) is 0 Å². The molecule has 3 N–H and O–H groups in total. The van der Waals surface area contributed by atoms with Crippen LogP contribution in [0.3, 0.4) is 0 Å². The number of primary sulfonamides is 1. The van der Waals surface area contributed by atoms with E-state index < -0.39 is 26.7 Å². The minimum atomic E-state index is -3.87. The fraction of sp³-hybridized carbons (Fsp3) is 0.583. The van der Waals surface area contributed by atoms with Crippen molar-refractivity contribution in [3.63, 3.8) is 0 Å². The number of aromatic nitrogens is 1. The third-order valence-corrected chi connectivity index (χ3v) is 5.24. The molecule has 0 saturated heterocycles. The van der Waals surface area contributed by atoms with E-state index in [-0.39, 0.29) is 28.4 Å². The van der Waals surface area contributed by atoms with Crippen LogP contribution < -0.4 is 10.5 Å². The average Bonchev–Trinajstić information content (AvgIpc) is 2.80. The minimum absolute atomic E-state index is 0.0982. The molecule has 0 aliphatic carbocycles. The Labute approximate surface area is 127 Å². The van der Waals surface area contributed by atoms with Crippen molar-refractivity contribution in [3.8, 4) is 0 Å². The molecule has 0 fully saturated rings. The molecule has 1 heterocycles. The summed E-state index contributed by atoms with van der Waals surface area (Å²) < 4.78 is 35.6. The molecular formula is C12H21N3O4S2. The van der Waals surface area contributed by atoms with Crippen LogP contribution in [-0.2, 0) is 20.8 Å². The lowest BCUT2D eigenvalue weighted by atomic mass is 10.3. The van der Waals surface area contributed by atoms with E-state index in [9.17, 15) is 17.4 Å². The monoisotopic (exact) mass is 335 g/mol. The van der Waals surface area contributed by atoms with Crippen LogP contribution in [0, 0.1) is 0 Å². The molecule has 2 unspecified atom stereocenters. The Morgan fingerprint density at radius 1 is 1.43 bits per heavy atom. The number of carbonyl (C=O) groups is 1. The fourth-order valence-electron chi connectivity index (χ4n) is 1.66. The van der Waals surface area contributed by atoms with Gasteiger partial charge in [-0.3, -0.25) is 9.00 Å². The maximum absolute atomic E-state index is 12.2. The third-order valence-electron chi connectivity index (χ3n) is 3.06. The van der Waals surface area contributed by atoms with Crippen LogP contribution in [0.15, 0.2) is 17.2 Å². The first-order chi connectivity index (χ1) is 9.54. The van der Waals surface area contributed by atoms with Crippen LogP contribution in [0.5, 0.6) is 0 Å². The summed E-state index contributed by atoms with van der Waals surface area (Å²) in [6.45, 7) is 5.66. The van der Waals surface area contributed by atoms with Gasteiger partial charge in [0.2, 0.25) is 10.0 Å². The van der Waals surface area contributed by atoms with Crippen molar-refractivity contribution in [1.82, 2.24) is 9.88 Å². The second-order valence-electron chi connectivity index (χ2n) is 5.13. The topological polar surface area (TPSA) is 111 Å². The molecule has 1 amide bonds. The maximum atomic E-state index is 12.2. The lowest BCUT2D eigenvalue weighted by Gasteiger charge is -2.14. The van der Waals surface area contributed by atoms with Gasteiger partial charge >= 0.3 is 0 Å². The van der Waals surface area contributed by atoms with Crippen molar-refractivity contribution in [3.05, 3.63) is 18.0 Å². The first kappa shape index (κ1) is 17.9. The van der Waals surface area contributed by atoms with E-state index in [1.165, 1.54) is 12.3 Å². The number of rotatable bonds is 6. The van der Waals surface area contributed by atoms with Gasteiger partial charge in [0.05, 0.1) is 0 Å². The molecule has 7 nitrogen and oxygen atoms in total. The smallest absolute Gasteiger partial charge is 0.267 e. The normalized spacial score (nSPS) is 15.0. The Balaban J connectivity index is 3.03. The van der Waals surface area contributed by atoms with E-state index in [1.807, 2.05) is 13.8 Å². The molecule has 0 bridgehead atoms. The zero-order valence-corrected chi connectivity index (χ0v) is 14.1. The van der Waals surface area contributed by atoms with Crippen LogP contribution in [0.1, 0.15) is 37.3 Å². The molecule has 1 aromatic heterocycles. The predicted molar refractivity (Wildman–Crippen MR) is 82.1 cm³/mol. The second kappa shape index (κ2) is 6.71. The Morgan fingerprint density at radius 2 is 2.00 bits per heavy atom. The van der Waals surface area contributed by atoms with Gasteiger partial charge in [-0.05, 0) is 26.8 Å². The molecule has 0 aromatic carbocycles. The Morgan fingerprint density at radius 3 is 2.43 bits per heavy atom. The lowest BCUT2D eigenvalue weighted by Crippen LogP contribution is -2.33. The second-order valence-corrected chi connectivity index (χ2v) is 8.49. The highest BCUT2D eigenvalue weighted by Gasteiger charge is 2.20. The van der Waals surface area contributed by atoms with Crippen LogP contribution in [0.2, 0.25) is 0 Å². The number of hydrogen-bond acceptors (Lipinski definition) is 4. The highest BCUT2D eigenvalue weighted by Crippen LogP contribution is 2.18. The number of carbonyl (C=O) groups excluding carboxylic acids is 1. The van der Waals surface area contributed by atoms with Crippen molar-refractivity contribution in [2.24, 2.45) is 5.14 Å². The van der Waals surface area contributed by atoms with Crippen molar-refractivity contribution >= 4 is 26.7 Å². The Bertz CT molecular complexity index is 649. The summed E-state index contributed by atoms with van der Waals surface area (Å²) in [7, 11) is -4.91. The van der Waals surface area contributed by atoms with E-state index in [1.54, 1.807) is 17.7 Å². The molecule has 0 radical (unpaired) electrons. The third kappa shape index (κ3) is 4.65. The van der Waals surface area contributed by atoms with Crippen LogP contribution >= 0.6 is 0 Å². The van der Waals surface area contributed by atoms with E-state index in [2.05, 4.69) is 5.32 Å². The van der Waals surface area contributed by atoms with Gasteiger partial charge in [-0.15, -0.1) is 0 Å². The molecule has 21 heavy (non-hydrogen) atoms. The number of amides is 1. The summed E-state index contributed by atoms with van der Waals surface area (Å²) in [4.78, 5) is 12.1. The molecule has 0 aliphatic heterocycles. The van der Waals surface area contributed by atoms with Gasteiger partial charge in [0, 0.05) is 41.1 Å². The molecule has 1 rings (SSSR count). The van der Waals surface area contributed by atoms with Crippen molar-refractivity contribution in [1.29, 1.82) is 0 Å². The van der Waals surface area contributed by atoms with Crippen LogP contribution in [-0.4, -0.2) is 41.2 Å². The van der Waals surface area contributed by atoms with Gasteiger partial charge in [-0.25, -0.2) is 13.6 Å². The van der Waals surface area contributed by atoms with Crippen LogP contribution in [0.4, 0.5) is 0 Å². The van der Waals surface area contributed by atoms with Gasteiger partial charge in [0.15, 0.2) is 0 Å². The summed E-state index contributed by atoms with van der Waals surface area (Å²) in [5.41, 5.74) is 0.211. The van der Waals surface area contributed by atoms with E-state index in [4.69, 9.17) is 5.14 Å². The summed E-state index contributed by atoms with van der Waals surface area (Å²) in [6, 6.07) is 1.15. The highest BCUT2D eigenvalue weighted by atomic mass is 32.2. The van der Waals surface area contributed by atoms with Crippen molar-refractivity contribution in [2.75, 3.05) is 12.8 Å². The first-order valence-electron chi connectivity index (χ1n) is 6.39. The van der Waals surface area contributed by atoms with Gasteiger partial charge in [-0.2, -0.15) is 0 Å². The zero-order valence-electron chi connectivity index (χ0n) is 12.5. The molecule has 0 aliphatic rings. The van der Waals surface area contributed by atoms with Crippen molar-refractivity contribution in [2.45, 2.75) is 37.0 Å². The summed E-state index contributed by atoms with van der Waals surface area (Å²) in [5.74, 6) is -0.420. The molecule has 1 aromatic rings. The predicted octanol–water partition coefficient (Wildman–Crippen LogP) is 0.213. The number of nitrogens with zero attached hydrogens (tertiary/aromatic N) is 1. The standard InChI is InChI=1S/C12H21N3O4S2/c1-8(2)15-7-10(21(13,18)19)5-11(15)12(16)14-6-9(3)20(4)17/h5,7-9H,6H2,1-4H3,(H,14,16)(H2,13,18,19). The zero-order chi connectivity index (χ0) is 16.4. The SMILES string of the molecule is CC(C)n1cc(S(N)(=O)=O)cc1C(=O)NCC(C)S(C)=O. The number of nitrogens with two attached hydrogens (primary N) is 1. The van der Waals surface area contributed by atoms with Gasteiger partial charge in [0.25, 0.3) is 5.91 Å². The maximum Gasteiger partial charge on any atom is 0.267 e. The van der Waals surface area contributed by atoms with Gasteiger partial charge < -0.3 is 9.88 Å². The fourth-order valence-corrected chi connectivity index (χ4v) is 2.52. The molecule has 0 saturated carbocycles. The lowest BCUT2D eigenvalue weighted by molar-refractivity contribution is 0.0943. The van der Waals surface area contributed by atoms with Gasteiger partial charge in [0.1, 0.15) is 10.6 Å². The number of nitrogens with one attached hydrogen (secondary N) is 1. The Hall–Kier alpha value is -1.19. The first-order valence-corrected chi connectivity index (χ1v) is 9.56. The quantitative estimate of drug-likeness (QED) is 0.774. The summed E-state index contributed by atoms with van der Waals surface area (Å²) in [5, 5.41) is 7.55. The minimum Gasteiger partial charge on any atom is -0.350 e. The summed E-state index contributed by atoms with van der Waals surface area (Å²) >= 11 is 0. The molecule has 0 spiro atoms. The number of hydrogen-bond donors (Lipinski definition) is 2. The molecule has 9 heteroatoms. The van der Waals surface area contributed by atoms with E-state index >= 15 is 0 Å². The summed E-state index contributed by atoms with van der Waals surface area (Å²) in [6.07, 6.45) is 2.91. The number of sulfonamides is 1. The van der Waals surface area contributed by atoms with Crippen LogP contribution in [0.25, 0.3) is 0 Å². The van der Waals surface area contributed by atoms with Gasteiger partial charge in [-0.1, -0.05) is 0 Å². The van der Waals surface area contributed by atoms with E-state index in [0.29, 0.717) is 0 Å². The molecule has 2 atom stereocenters.